The topological polar surface area (TPSA) is 58.1 Å². The summed E-state index contributed by atoms with van der Waals surface area (Å²) in [5.74, 6) is 0.520. The van der Waals surface area contributed by atoms with Gasteiger partial charge in [0, 0.05) is 19.3 Å². The van der Waals surface area contributed by atoms with Crippen LogP contribution in [-0.2, 0) is 6.42 Å². The van der Waals surface area contributed by atoms with Gasteiger partial charge in [-0.25, -0.2) is 4.98 Å². The highest BCUT2D eigenvalue weighted by molar-refractivity contribution is 5.91. The van der Waals surface area contributed by atoms with Crippen LogP contribution < -0.4 is 5.32 Å². The van der Waals surface area contributed by atoms with E-state index in [1.807, 2.05) is 6.92 Å². The van der Waals surface area contributed by atoms with Crippen molar-refractivity contribution in [3.05, 3.63) is 23.8 Å². The molecule has 2 heterocycles. The first-order valence-corrected chi connectivity index (χ1v) is 7.46. The summed E-state index contributed by atoms with van der Waals surface area (Å²) in [4.78, 5) is 22.7. The number of nitrogens with zero attached hydrogens (tertiary/aromatic N) is 3. The molecular formula is C15H24N4O. The maximum atomic E-state index is 11.7. The number of piperidine rings is 1. The number of carbonyl (C=O) groups excluding carboxylic acids is 1. The minimum absolute atomic E-state index is 0.136. The van der Waals surface area contributed by atoms with Gasteiger partial charge in [0.1, 0.15) is 5.69 Å². The summed E-state index contributed by atoms with van der Waals surface area (Å²) in [6.07, 6.45) is 7.72. The number of hydrogen-bond donors (Lipinski definition) is 1. The highest BCUT2D eigenvalue weighted by Gasteiger charge is 2.18. The lowest BCUT2D eigenvalue weighted by Gasteiger charge is -2.29. The van der Waals surface area contributed by atoms with Crippen LogP contribution in [0.1, 0.15) is 42.4 Å². The van der Waals surface area contributed by atoms with E-state index in [2.05, 4.69) is 27.2 Å². The second-order valence-corrected chi connectivity index (χ2v) is 5.62. The molecule has 5 nitrogen and oxygen atoms in total. The standard InChI is InChI=1S/C15H24N4O/c1-3-6-16-15(20)14-10-17-13(9-18-14)8-12-5-4-7-19(2)11-12/h9-10,12H,3-8,11H2,1-2H3,(H,16,20). The molecule has 1 unspecified atom stereocenters. The molecule has 0 bridgehead atoms. The number of amides is 1. The molecule has 110 valence electrons. The molecule has 20 heavy (non-hydrogen) atoms. The van der Waals surface area contributed by atoms with Crippen molar-refractivity contribution in [2.75, 3.05) is 26.7 Å². The molecule has 1 atom stereocenters. The second-order valence-electron chi connectivity index (χ2n) is 5.62. The van der Waals surface area contributed by atoms with Crippen LogP contribution in [0.4, 0.5) is 0 Å². The van der Waals surface area contributed by atoms with Crippen molar-refractivity contribution in [1.29, 1.82) is 0 Å². The molecular weight excluding hydrogens is 252 g/mol. The Morgan fingerprint density at radius 2 is 2.30 bits per heavy atom. The first kappa shape index (κ1) is 14.9. The Kier molecular flexibility index (Phi) is 5.47. The van der Waals surface area contributed by atoms with Crippen molar-refractivity contribution in [1.82, 2.24) is 20.2 Å². The maximum absolute atomic E-state index is 11.7. The Morgan fingerprint density at radius 1 is 1.45 bits per heavy atom. The molecule has 1 N–H and O–H groups in total. The lowest BCUT2D eigenvalue weighted by atomic mass is 9.94. The van der Waals surface area contributed by atoms with E-state index >= 15 is 0 Å². The number of likely N-dealkylation sites (tertiary alicyclic amines) is 1. The molecule has 1 aromatic rings. The number of aromatic nitrogens is 2. The zero-order valence-corrected chi connectivity index (χ0v) is 12.4. The van der Waals surface area contributed by atoms with E-state index < -0.39 is 0 Å². The van der Waals surface area contributed by atoms with Crippen molar-refractivity contribution in [3.8, 4) is 0 Å². The molecule has 0 spiro atoms. The molecule has 0 radical (unpaired) electrons. The molecule has 1 aliphatic heterocycles. The van der Waals surface area contributed by atoms with Gasteiger partial charge in [-0.1, -0.05) is 6.92 Å². The first-order valence-electron chi connectivity index (χ1n) is 7.46. The average molecular weight is 276 g/mol. The van der Waals surface area contributed by atoms with Crippen LogP contribution in [0.3, 0.4) is 0 Å². The highest BCUT2D eigenvalue weighted by Crippen LogP contribution is 2.18. The SMILES string of the molecule is CCCNC(=O)c1cnc(CC2CCCN(C)C2)cn1. The van der Waals surface area contributed by atoms with Gasteiger partial charge in [-0.3, -0.25) is 9.78 Å². The summed E-state index contributed by atoms with van der Waals surface area (Å²) in [7, 11) is 2.17. The number of rotatable bonds is 5. The molecule has 1 saturated heterocycles. The first-order chi connectivity index (χ1) is 9.69. The van der Waals surface area contributed by atoms with Gasteiger partial charge < -0.3 is 10.2 Å². The van der Waals surface area contributed by atoms with E-state index in [1.165, 1.54) is 19.4 Å². The minimum Gasteiger partial charge on any atom is -0.351 e. The van der Waals surface area contributed by atoms with Crippen molar-refractivity contribution in [2.45, 2.75) is 32.6 Å². The van der Waals surface area contributed by atoms with Gasteiger partial charge in [0.2, 0.25) is 0 Å². The van der Waals surface area contributed by atoms with Crippen LogP contribution >= 0.6 is 0 Å². The van der Waals surface area contributed by atoms with Gasteiger partial charge in [-0.2, -0.15) is 0 Å². The zero-order chi connectivity index (χ0) is 14.4. The third-order valence-electron chi connectivity index (χ3n) is 3.69. The molecule has 5 heteroatoms. The molecule has 0 saturated carbocycles. The van der Waals surface area contributed by atoms with Gasteiger partial charge in [0.05, 0.1) is 11.9 Å². The average Bonchev–Trinajstić information content (AvgIpc) is 2.45. The normalized spacial score (nSPS) is 19.8. The Bertz CT molecular complexity index is 432. The molecule has 2 rings (SSSR count). The summed E-state index contributed by atoms with van der Waals surface area (Å²) in [6, 6.07) is 0. The summed E-state index contributed by atoms with van der Waals surface area (Å²) in [5.41, 5.74) is 1.39. The number of nitrogens with one attached hydrogen (secondary N) is 1. The smallest absolute Gasteiger partial charge is 0.271 e. The molecule has 1 aliphatic rings. The Labute approximate surface area is 120 Å². The minimum atomic E-state index is -0.136. The summed E-state index contributed by atoms with van der Waals surface area (Å²) in [5, 5.41) is 2.81. The maximum Gasteiger partial charge on any atom is 0.271 e. The van der Waals surface area contributed by atoms with Gasteiger partial charge in [-0.15, -0.1) is 0 Å². The molecule has 1 fully saturated rings. The van der Waals surface area contributed by atoms with E-state index in [9.17, 15) is 4.79 Å². The molecule has 1 aromatic heterocycles. The second kappa shape index (κ2) is 7.33. The van der Waals surface area contributed by atoms with Crippen molar-refractivity contribution < 1.29 is 4.79 Å². The molecule has 1 amide bonds. The highest BCUT2D eigenvalue weighted by atomic mass is 16.1. The fourth-order valence-electron chi connectivity index (χ4n) is 2.64. The van der Waals surface area contributed by atoms with Crippen LogP contribution in [0.2, 0.25) is 0 Å². The quantitative estimate of drug-likeness (QED) is 0.885. The monoisotopic (exact) mass is 276 g/mol. The van der Waals surface area contributed by atoms with E-state index in [-0.39, 0.29) is 5.91 Å². The fraction of sp³-hybridized carbons (Fsp3) is 0.667. The van der Waals surface area contributed by atoms with E-state index in [0.717, 1.165) is 25.1 Å². The third-order valence-corrected chi connectivity index (χ3v) is 3.69. The predicted molar refractivity (Wildman–Crippen MR) is 78.6 cm³/mol. The van der Waals surface area contributed by atoms with E-state index in [4.69, 9.17) is 0 Å². The van der Waals surface area contributed by atoms with Gasteiger partial charge in [0.15, 0.2) is 0 Å². The van der Waals surface area contributed by atoms with Crippen LogP contribution in [0.15, 0.2) is 12.4 Å². The van der Waals surface area contributed by atoms with Crippen LogP contribution in [-0.4, -0.2) is 47.5 Å². The Balaban J connectivity index is 1.89. The summed E-state index contributed by atoms with van der Waals surface area (Å²) >= 11 is 0. The van der Waals surface area contributed by atoms with Crippen LogP contribution in [0, 0.1) is 5.92 Å². The summed E-state index contributed by atoms with van der Waals surface area (Å²) in [6.45, 7) is 5.02. The number of carbonyl (C=O) groups is 1. The largest absolute Gasteiger partial charge is 0.351 e. The fourth-order valence-corrected chi connectivity index (χ4v) is 2.64. The van der Waals surface area contributed by atoms with Crippen molar-refractivity contribution in [3.63, 3.8) is 0 Å². The van der Waals surface area contributed by atoms with Crippen molar-refractivity contribution >= 4 is 5.91 Å². The van der Waals surface area contributed by atoms with Gasteiger partial charge in [0.25, 0.3) is 5.91 Å². The zero-order valence-electron chi connectivity index (χ0n) is 12.4. The van der Waals surface area contributed by atoms with Crippen molar-refractivity contribution in [2.24, 2.45) is 5.92 Å². The van der Waals surface area contributed by atoms with Crippen LogP contribution in [0.5, 0.6) is 0 Å². The van der Waals surface area contributed by atoms with Crippen LogP contribution in [0.25, 0.3) is 0 Å². The lowest BCUT2D eigenvalue weighted by Crippen LogP contribution is -2.33. The van der Waals surface area contributed by atoms with Gasteiger partial charge in [-0.05, 0) is 45.2 Å². The number of hydrogen-bond acceptors (Lipinski definition) is 4. The Morgan fingerprint density at radius 3 is 2.95 bits per heavy atom. The predicted octanol–water partition coefficient (Wildman–Crippen LogP) is 1.50. The van der Waals surface area contributed by atoms with Gasteiger partial charge >= 0.3 is 0 Å². The Hall–Kier alpha value is -1.49. The van der Waals surface area contributed by atoms with E-state index in [1.54, 1.807) is 12.4 Å². The lowest BCUT2D eigenvalue weighted by molar-refractivity contribution is 0.0948. The summed E-state index contributed by atoms with van der Waals surface area (Å²) < 4.78 is 0. The molecule has 0 aromatic carbocycles. The third kappa shape index (κ3) is 4.27. The van der Waals surface area contributed by atoms with E-state index in [0.29, 0.717) is 18.2 Å². The molecule has 0 aliphatic carbocycles.